The number of hydrogen-bond donors (Lipinski definition) is 2. The van der Waals surface area contributed by atoms with Gasteiger partial charge in [0.15, 0.2) is 11.1 Å². The molecule has 0 atom stereocenters. The highest BCUT2D eigenvalue weighted by molar-refractivity contribution is 7.08. The molecule has 0 aliphatic carbocycles. The summed E-state index contributed by atoms with van der Waals surface area (Å²) in [4.78, 5) is 54.1. The molecule has 67 heavy (non-hydrogen) atoms. The first-order chi connectivity index (χ1) is 32.5. The molecule has 4 heterocycles. The summed E-state index contributed by atoms with van der Waals surface area (Å²) in [5.74, 6) is -1.54. The van der Waals surface area contributed by atoms with Crippen LogP contribution in [0.3, 0.4) is 0 Å². The summed E-state index contributed by atoms with van der Waals surface area (Å²) in [6, 6.07) is 20.0. The van der Waals surface area contributed by atoms with Gasteiger partial charge in [0.05, 0.1) is 6.61 Å². The Kier molecular flexibility index (Phi) is 22.6. The Morgan fingerprint density at radius 1 is 0.746 bits per heavy atom. The molecule has 2 aliphatic rings. The van der Waals surface area contributed by atoms with Crippen LogP contribution >= 0.6 is 22.7 Å². The molecule has 2 fully saturated rings. The minimum Gasteiger partial charge on any atom is -0.500 e. The number of esters is 2. The van der Waals surface area contributed by atoms with Gasteiger partial charge in [-0.1, -0.05) is 49.6 Å². The zero-order chi connectivity index (χ0) is 48.6. The smallest absolute Gasteiger partial charge is 0.352 e. The maximum absolute atomic E-state index is 12.8. The normalized spacial score (nSPS) is 14.9. The van der Waals surface area contributed by atoms with Gasteiger partial charge in [0.2, 0.25) is 0 Å². The number of benzene rings is 2. The van der Waals surface area contributed by atoms with E-state index in [1.165, 1.54) is 97.1 Å². The molecule has 356 valence electrons. The first-order valence-electron chi connectivity index (χ1n) is 22.5. The lowest BCUT2D eigenvalue weighted by Gasteiger charge is -2.14. The molecule has 3 N–H and O–H groups in total. The van der Waals surface area contributed by atoms with Crippen molar-refractivity contribution in [2.45, 2.75) is 72.4 Å². The van der Waals surface area contributed by atoms with Gasteiger partial charge >= 0.3 is 11.9 Å². The maximum atomic E-state index is 12.8. The molecule has 2 aromatic heterocycles. The molecule has 2 aromatic carbocycles. The standard InChI is InChI=1S/C24H28N4O3S.C14H16N2O4S.C12H18N2/c1-3-14-31-24(30)20(16-25)23-28(4-2)22(29)21(32-23)17-26-19-9-7-8-18(15-19)10-13-27-11-5-6-12-27;1-4-7-20-14(18)10(8-15)13-16(5-2)12(17)11(21-13)9-19-6-3;13-12-5-3-4-11(10-12)6-9-14-7-1-2-8-14/h3,7-9,15,17,26H,1,4-6,10-14H2,2H3;4,9H,1,5-7H2,2-3H3;3-5,10H,1-2,6-9,13H2. The first kappa shape index (κ1) is 53.1. The van der Waals surface area contributed by atoms with Crippen LogP contribution in [0.25, 0.3) is 23.6 Å². The zero-order valence-electron chi connectivity index (χ0n) is 38.8. The second-order valence-electron chi connectivity index (χ2n) is 15.3. The van der Waals surface area contributed by atoms with Gasteiger partial charge in [-0.3, -0.25) is 18.7 Å². The predicted octanol–water partition coefficient (Wildman–Crippen LogP) is 3.84. The number of ether oxygens (including phenoxy) is 3. The molecular formula is C50H62N8O7S2. The Labute approximate surface area is 399 Å². The summed E-state index contributed by atoms with van der Waals surface area (Å²) >= 11 is 2.12. The van der Waals surface area contributed by atoms with Crippen molar-refractivity contribution in [2.24, 2.45) is 0 Å². The Bertz CT molecular complexity index is 2760. The van der Waals surface area contributed by atoms with Crippen molar-refractivity contribution in [1.29, 1.82) is 10.5 Å². The van der Waals surface area contributed by atoms with E-state index in [-0.39, 0.29) is 40.1 Å². The number of anilines is 2. The molecule has 2 aliphatic heterocycles. The van der Waals surface area contributed by atoms with Crippen LogP contribution < -0.4 is 40.6 Å². The third kappa shape index (κ3) is 16.1. The SMILES string of the molecule is C=CCOC(=O)C(C#N)=c1sc(=CNc2cccc(CCN3CCCC3)c2)c(=O)n1CC.C=CCOC(=O)C(C#N)=c1sc(=COCC)c(=O)n1CC.Nc1cccc(CCN2CCCC2)c1. The van der Waals surface area contributed by atoms with Crippen molar-refractivity contribution in [2.75, 3.05) is 70.1 Å². The van der Waals surface area contributed by atoms with Gasteiger partial charge in [0.25, 0.3) is 11.1 Å². The van der Waals surface area contributed by atoms with Crippen LogP contribution in [0.4, 0.5) is 11.4 Å². The predicted molar refractivity (Wildman–Crippen MR) is 268 cm³/mol. The van der Waals surface area contributed by atoms with Gasteiger partial charge in [-0.05, 0) is 121 Å². The monoisotopic (exact) mass is 950 g/mol. The number of nitrogen functional groups attached to an aromatic ring is 1. The molecule has 15 nitrogen and oxygen atoms in total. The van der Waals surface area contributed by atoms with Crippen molar-refractivity contribution in [3.63, 3.8) is 0 Å². The molecular weight excluding hydrogens is 889 g/mol. The number of hydrogen-bond acceptors (Lipinski definition) is 15. The van der Waals surface area contributed by atoms with E-state index in [0.717, 1.165) is 53.4 Å². The second kappa shape index (κ2) is 28.5. The molecule has 2 saturated heterocycles. The third-order valence-corrected chi connectivity index (χ3v) is 12.8. The van der Waals surface area contributed by atoms with Crippen LogP contribution in [0.2, 0.25) is 0 Å². The van der Waals surface area contributed by atoms with E-state index in [4.69, 9.17) is 19.9 Å². The van der Waals surface area contributed by atoms with Crippen molar-refractivity contribution in [1.82, 2.24) is 18.9 Å². The van der Waals surface area contributed by atoms with E-state index < -0.39 is 11.9 Å². The summed E-state index contributed by atoms with van der Waals surface area (Å²) in [6.45, 7) is 20.5. The molecule has 0 spiro atoms. The number of nitrogens with two attached hydrogens (primary N) is 1. The number of thiazole rings is 2. The maximum Gasteiger partial charge on any atom is 0.352 e. The number of nitriles is 2. The first-order valence-corrected chi connectivity index (χ1v) is 24.2. The highest BCUT2D eigenvalue weighted by Gasteiger charge is 2.18. The lowest BCUT2D eigenvalue weighted by atomic mass is 10.1. The summed E-state index contributed by atoms with van der Waals surface area (Å²) in [7, 11) is 0. The van der Waals surface area contributed by atoms with E-state index in [9.17, 15) is 29.7 Å². The fourth-order valence-electron chi connectivity index (χ4n) is 7.20. The van der Waals surface area contributed by atoms with E-state index >= 15 is 0 Å². The minimum absolute atomic E-state index is 0.000381. The van der Waals surface area contributed by atoms with Crippen LogP contribution in [0.5, 0.6) is 0 Å². The van der Waals surface area contributed by atoms with E-state index in [1.807, 2.05) is 30.3 Å². The lowest BCUT2D eigenvalue weighted by molar-refractivity contribution is -0.136. The van der Waals surface area contributed by atoms with Gasteiger partial charge in [0, 0.05) is 43.8 Å². The van der Waals surface area contributed by atoms with Crippen LogP contribution in [0.1, 0.15) is 57.6 Å². The quantitative estimate of drug-likeness (QED) is 0.0830. The van der Waals surface area contributed by atoms with E-state index in [1.54, 1.807) is 33.0 Å². The van der Waals surface area contributed by atoms with E-state index in [0.29, 0.717) is 33.4 Å². The summed E-state index contributed by atoms with van der Waals surface area (Å²) < 4.78 is 19.0. The van der Waals surface area contributed by atoms with Gasteiger partial charge in [0.1, 0.15) is 50.0 Å². The van der Waals surface area contributed by atoms with Crippen molar-refractivity contribution in [3.8, 4) is 12.1 Å². The van der Waals surface area contributed by atoms with Crippen LogP contribution in [-0.2, 0) is 49.7 Å². The van der Waals surface area contributed by atoms with E-state index in [2.05, 4.69) is 52.5 Å². The summed E-state index contributed by atoms with van der Waals surface area (Å²) in [5.41, 5.74) is 9.16. The van der Waals surface area contributed by atoms with Crippen molar-refractivity contribution in [3.05, 3.63) is 124 Å². The minimum atomic E-state index is -0.774. The Balaban J connectivity index is 0.000000240. The van der Waals surface area contributed by atoms with Gasteiger partial charge in [-0.25, -0.2) is 9.59 Å². The Morgan fingerprint density at radius 3 is 1.69 bits per heavy atom. The molecule has 0 bridgehead atoms. The van der Waals surface area contributed by atoms with Crippen molar-refractivity contribution >= 4 is 69.6 Å². The largest absolute Gasteiger partial charge is 0.500 e. The average molecular weight is 951 g/mol. The Hall–Kier alpha value is -6.50. The van der Waals surface area contributed by atoms with Crippen LogP contribution in [-0.4, -0.2) is 90.0 Å². The Morgan fingerprint density at radius 2 is 1.22 bits per heavy atom. The van der Waals surface area contributed by atoms with Crippen LogP contribution in [0, 0.1) is 22.7 Å². The van der Waals surface area contributed by atoms with Gasteiger partial charge < -0.3 is 35.1 Å². The zero-order valence-corrected chi connectivity index (χ0v) is 40.4. The summed E-state index contributed by atoms with van der Waals surface area (Å²) in [5, 5.41) is 21.9. The molecule has 4 aromatic rings. The third-order valence-electron chi connectivity index (χ3n) is 10.6. The summed E-state index contributed by atoms with van der Waals surface area (Å²) in [6.07, 6.45) is 13.2. The molecule has 0 unspecified atom stereocenters. The number of nitrogens with zero attached hydrogens (tertiary/aromatic N) is 6. The number of likely N-dealkylation sites (tertiary alicyclic amines) is 2. The fraction of sp³-hybridized carbons (Fsp3) is 0.400. The van der Waals surface area contributed by atoms with Crippen molar-refractivity contribution < 1.29 is 23.8 Å². The number of rotatable bonds is 18. The highest BCUT2D eigenvalue weighted by Crippen LogP contribution is 2.14. The molecule has 0 saturated carbocycles. The van der Waals surface area contributed by atoms with Gasteiger partial charge in [-0.15, -0.1) is 22.7 Å². The number of nitrogens with one attached hydrogen (secondary N) is 1. The molecule has 17 heteroatoms. The topological polar surface area (TPSA) is 198 Å². The molecule has 0 amide bonds. The highest BCUT2D eigenvalue weighted by atomic mass is 32.1. The average Bonchev–Trinajstić information content (AvgIpc) is 4.17. The fourth-order valence-corrected chi connectivity index (χ4v) is 9.36. The lowest BCUT2D eigenvalue weighted by Crippen LogP contribution is -2.32. The van der Waals surface area contributed by atoms with Crippen LogP contribution in [0.15, 0.2) is 83.4 Å². The second-order valence-corrected chi connectivity index (χ2v) is 17.4. The molecule has 0 radical (unpaired) electrons. The number of aromatic nitrogens is 2. The van der Waals surface area contributed by atoms with Gasteiger partial charge in [-0.2, -0.15) is 10.5 Å². The number of carbonyl (C=O) groups is 2. The number of carbonyl (C=O) groups excluding carboxylic acids is 2. The molecule has 6 rings (SSSR count).